The molecule has 0 amide bonds. The minimum absolute atomic E-state index is 0.244. The molecule has 0 aliphatic rings. The summed E-state index contributed by atoms with van der Waals surface area (Å²) in [4.78, 5) is 0. The van der Waals surface area contributed by atoms with Crippen molar-refractivity contribution in [3.63, 3.8) is 0 Å². The second kappa shape index (κ2) is 6.48. The summed E-state index contributed by atoms with van der Waals surface area (Å²) in [7, 11) is -0.848. The minimum atomic E-state index is -2.80. The van der Waals surface area contributed by atoms with Crippen LogP contribution in [0.3, 0.4) is 0 Å². The summed E-state index contributed by atoms with van der Waals surface area (Å²) in [6, 6.07) is 0. The molecule has 0 aliphatic carbocycles. The van der Waals surface area contributed by atoms with E-state index in [-0.39, 0.29) is 5.41 Å². The average molecular weight is 235 g/mol. The Hall–Kier alpha value is -0.0900. The highest BCUT2D eigenvalue weighted by Gasteiger charge is 2.22. The van der Waals surface area contributed by atoms with Crippen LogP contribution in [0.4, 0.5) is 0 Å². The summed E-state index contributed by atoms with van der Waals surface area (Å²) >= 11 is 0. The molecule has 0 spiro atoms. The van der Waals surface area contributed by atoms with Crippen molar-refractivity contribution in [2.75, 3.05) is 25.6 Å². The summed E-state index contributed by atoms with van der Waals surface area (Å²) in [5.41, 5.74) is 0.244. The van der Waals surface area contributed by atoms with Gasteiger partial charge < -0.3 is 5.32 Å². The van der Waals surface area contributed by atoms with E-state index in [0.717, 1.165) is 32.2 Å². The smallest absolute Gasteiger partial charge is 0.147 e. The van der Waals surface area contributed by atoms with E-state index < -0.39 is 9.84 Å². The molecule has 0 aromatic carbocycles. The number of nitrogens with one attached hydrogen (secondary N) is 1. The Balaban J connectivity index is 4.06. The van der Waals surface area contributed by atoms with Gasteiger partial charge in [0, 0.05) is 18.6 Å². The number of hydrogen-bond acceptors (Lipinski definition) is 3. The van der Waals surface area contributed by atoms with Gasteiger partial charge in [0.25, 0.3) is 0 Å². The SMILES string of the molecule is CCCC(C)(CCCS(C)(=O)=O)CNC. The van der Waals surface area contributed by atoms with Gasteiger partial charge in [0.2, 0.25) is 0 Å². The monoisotopic (exact) mass is 235 g/mol. The highest BCUT2D eigenvalue weighted by atomic mass is 32.2. The van der Waals surface area contributed by atoms with Crippen LogP contribution in [0.5, 0.6) is 0 Å². The quantitative estimate of drug-likeness (QED) is 0.698. The molecule has 0 radical (unpaired) electrons. The maximum atomic E-state index is 11.0. The van der Waals surface area contributed by atoms with Gasteiger partial charge in [-0.05, 0) is 31.7 Å². The van der Waals surface area contributed by atoms with Gasteiger partial charge in [-0.3, -0.25) is 0 Å². The fraction of sp³-hybridized carbons (Fsp3) is 1.00. The minimum Gasteiger partial charge on any atom is -0.319 e. The maximum absolute atomic E-state index is 11.0. The van der Waals surface area contributed by atoms with E-state index in [4.69, 9.17) is 0 Å². The van der Waals surface area contributed by atoms with Gasteiger partial charge in [-0.2, -0.15) is 0 Å². The zero-order chi connectivity index (χ0) is 11.9. The van der Waals surface area contributed by atoms with Gasteiger partial charge in [-0.15, -0.1) is 0 Å². The van der Waals surface area contributed by atoms with Gasteiger partial charge in [0.15, 0.2) is 0 Å². The molecule has 0 heterocycles. The van der Waals surface area contributed by atoms with Gasteiger partial charge in [-0.25, -0.2) is 8.42 Å². The molecule has 0 saturated heterocycles. The second-order valence-electron chi connectivity index (χ2n) is 4.82. The van der Waals surface area contributed by atoms with Crippen LogP contribution in [0.15, 0.2) is 0 Å². The number of sulfone groups is 1. The first-order valence-corrected chi connectivity index (χ1v) is 7.71. The van der Waals surface area contributed by atoms with Crippen LogP contribution in [-0.4, -0.2) is 34.0 Å². The zero-order valence-corrected chi connectivity index (χ0v) is 11.3. The summed E-state index contributed by atoms with van der Waals surface area (Å²) < 4.78 is 22.0. The molecule has 1 N–H and O–H groups in total. The van der Waals surface area contributed by atoms with Crippen molar-refractivity contribution in [3.05, 3.63) is 0 Å². The Morgan fingerprint density at radius 3 is 2.27 bits per heavy atom. The van der Waals surface area contributed by atoms with Crippen LogP contribution < -0.4 is 5.32 Å². The zero-order valence-electron chi connectivity index (χ0n) is 10.5. The summed E-state index contributed by atoms with van der Waals surface area (Å²) in [6.45, 7) is 5.37. The highest BCUT2D eigenvalue weighted by molar-refractivity contribution is 7.90. The maximum Gasteiger partial charge on any atom is 0.147 e. The lowest BCUT2D eigenvalue weighted by atomic mass is 9.81. The predicted octanol–water partition coefficient (Wildman–Crippen LogP) is 1.84. The molecule has 0 aromatic rings. The molecule has 0 aromatic heterocycles. The molecule has 1 unspecified atom stereocenters. The average Bonchev–Trinajstić information content (AvgIpc) is 2.01. The fourth-order valence-corrected chi connectivity index (χ4v) is 2.76. The van der Waals surface area contributed by atoms with Crippen LogP contribution >= 0.6 is 0 Å². The lowest BCUT2D eigenvalue weighted by molar-refractivity contribution is 0.260. The molecular formula is C11H25NO2S. The largest absolute Gasteiger partial charge is 0.319 e. The van der Waals surface area contributed by atoms with E-state index in [1.54, 1.807) is 0 Å². The Morgan fingerprint density at radius 1 is 1.27 bits per heavy atom. The van der Waals surface area contributed by atoms with Crippen molar-refractivity contribution >= 4 is 9.84 Å². The third-order valence-electron chi connectivity index (χ3n) is 2.75. The van der Waals surface area contributed by atoms with E-state index in [0.29, 0.717) is 5.75 Å². The number of rotatable bonds is 8. The third-order valence-corrected chi connectivity index (χ3v) is 3.78. The van der Waals surface area contributed by atoms with Crippen LogP contribution in [0.1, 0.15) is 39.5 Å². The fourth-order valence-electron chi connectivity index (χ4n) is 2.09. The van der Waals surface area contributed by atoms with Crippen molar-refractivity contribution in [3.8, 4) is 0 Å². The van der Waals surface area contributed by atoms with Crippen molar-refractivity contribution in [1.82, 2.24) is 5.32 Å². The Labute approximate surface area is 94.6 Å². The Morgan fingerprint density at radius 2 is 1.87 bits per heavy atom. The van der Waals surface area contributed by atoms with Crippen molar-refractivity contribution in [1.29, 1.82) is 0 Å². The standard InChI is InChI=1S/C11H25NO2S/c1-5-7-11(2,10-12-3)8-6-9-15(4,13)14/h12H,5-10H2,1-4H3. The van der Waals surface area contributed by atoms with E-state index >= 15 is 0 Å². The molecule has 0 fully saturated rings. The molecular weight excluding hydrogens is 210 g/mol. The Bertz CT molecular complexity index is 254. The first kappa shape index (κ1) is 14.9. The Kier molecular flexibility index (Phi) is 6.44. The second-order valence-corrected chi connectivity index (χ2v) is 7.08. The van der Waals surface area contributed by atoms with Crippen LogP contribution in [0.2, 0.25) is 0 Å². The molecule has 0 aliphatic heterocycles. The molecule has 4 heteroatoms. The third kappa shape index (κ3) is 7.79. The van der Waals surface area contributed by atoms with E-state index in [9.17, 15) is 8.42 Å². The van der Waals surface area contributed by atoms with Crippen molar-refractivity contribution in [2.45, 2.75) is 39.5 Å². The lowest BCUT2D eigenvalue weighted by Crippen LogP contribution is -2.30. The van der Waals surface area contributed by atoms with Crippen molar-refractivity contribution in [2.24, 2.45) is 5.41 Å². The molecule has 0 saturated carbocycles. The molecule has 0 bridgehead atoms. The summed E-state index contributed by atoms with van der Waals surface area (Å²) in [5, 5.41) is 3.19. The van der Waals surface area contributed by atoms with E-state index in [1.165, 1.54) is 6.26 Å². The van der Waals surface area contributed by atoms with Crippen LogP contribution in [0, 0.1) is 5.41 Å². The van der Waals surface area contributed by atoms with Gasteiger partial charge >= 0.3 is 0 Å². The van der Waals surface area contributed by atoms with Crippen LogP contribution in [0.25, 0.3) is 0 Å². The van der Waals surface area contributed by atoms with Crippen LogP contribution in [-0.2, 0) is 9.84 Å². The normalized spacial score (nSPS) is 16.3. The van der Waals surface area contributed by atoms with Gasteiger partial charge in [0.1, 0.15) is 9.84 Å². The molecule has 92 valence electrons. The van der Waals surface area contributed by atoms with Gasteiger partial charge in [-0.1, -0.05) is 20.3 Å². The summed E-state index contributed by atoms with van der Waals surface area (Å²) in [6.07, 6.45) is 5.36. The first-order valence-electron chi connectivity index (χ1n) is 5.65. The molecule has 0 rings (SSSR count). The topological polar surface area (TPSA) is 46.2 Å². The number of hydrogen-bond donors (Lipinski definition) is 1. The molecule has 1 atom stereocenters. The first-order chi connectivity index (χ1) is 6.83. The summed E-state index contributed by atoms with van der Waals surface area (Å²) in [5.74, 6) is 0.315. The molecule has 15 heavy (non-hydrogen) atoms. The molecule has 3 nitrogen and oxygen atoms in total. The lowest BCUT2D eigenvalue weighted by Gasteiger charge is -2.29. The van der Waals surface area contributed by atoms with E-state index in [1.807, 2.05) is 7.05 Å². The van der Waals surface area contributed by atoms with E-state index in [2.05, 4.69) is 19.2 Å². The predicted molar refractivity (Wildman–Crippen MR) is 65.9 cm³/mol. The highest BCUT2D eigenvalue weighted by Crippen LogP contribution is 2.28. The van der Waals surface area contributed by atoms with Gasteiger partial charge in [0.05, 0.1) is 0 Å². The van der Waals surface area contributed by atoms with Crippen molar-refractivity contribution < 1.29 is 8.42 Å².